The van der Waals surface area contributed by atoms with Crippen LogP contribution in [0.15, 0.2) is 65.1 Å². The van der Waals surface area contributed by atoms with Gasteiger partial charge in [-0.1, -0.05) is 59.6 Å². The van der Waals surface area contributed by atoms with Gasteiger partial charge in [0.2, 0.25) is 5.91 Å². The fourth-order valence-corrected chi connectivity index (χ4v) is 4.26. The van der Waals surface area contributed by atoms with Crippen LogP contribution in [0.25, 0.3) is 0 Å². The molecule has 1 heterocycles. The van der Waals surface area contributed by atoms with E-state index in [-0.39, 0.29) is 12.5 Å². The number of benzene rings is 2. The van der Waals surface area contributed by atoms with Gasteiger partial charge >= 0.3 is 0 Å². The Morgan fingerprint density at radius 3 is 2.47 bits per heavy atom. The zero-order valence-electron chi connectivity index (χ0n) is 19.8. The predicted molar refractivity (Wildman–Crippen MR) is 137 cm³/mol. The molecule has 0 radical (unpaired) electrons. The molecule has 1 aromatic heterocycles. The first-order chi connectivity index (χ1) is 16.4. The lowest BCUT2D eigenvalue weighted by atomic mass is 10.1. The lowest BCUT2D eigenvalue weighted by Crippen LogP contribution is -2.41. The van der Waals surface area contributed by atoms with E-state index in [1.54, 1.807) is 13.2 Å². The van der Waals surface area contributed by atoms with Crippen LogP contribution >= 0.6 is 23.2 Å². The number of furan rings is 1. The average molecular weight is 503 g/mol. The number of rotatable bonds is 13. The highest BCUT2D eigenvalue weighted by Gasteiger charge is 2.20. The SMILES string of the molecule is COCCCN(CC(=O)N(CCc1ccccc1)Cc1ccc(C)o1)Cc1ccc(Cl)cc1Cl. The van der Waals surface area contributed by atoms with Crippen molar-refractivity contribution >= 4 is 29.1 Å². The summed E-state index contributed by atoms with van der Waals surface area (Å²) in [6, 6.07) is 19.5. The van der Waals surface area contributed by atoms with E-state index in [4.69, 9.17) is 32.4 Å². The topological polar surface area (TPSA) is 45.9 Å². The van der Waals surface area contributed by atoms with E-state index in [2.05, 4.69) is 17.0 Å². The van der Waals surface area contributed by atoms with Crippen molar-refractivity contribution in [1.29, 1.82) is 0 Å². The minimum atomic E-state index is 0.0486. The van der Waals surface area contributed by atoms with Gasteiger partial charge in [0.25, 0.3) is 0 Å². The van der Waals surface area contributed by atoms with Crippen LogP contribution in [0.1, 0.15) is 29.1 Å². The number of carbonyl (C=O) groups is 1. The summed E-state index contributed by atoms with van der Waals surface area (Å²) in [4.78, 5) is 17.5. The van der Waals surface area contributed by atoms with Crippen molar-refractivity contribution in [3.63, 3.8) is 0 Å². The predicted octanol–water partition coefficient (Wildman–Crippen LogP) is 6.00. The number of amides is 1. The highest BCUT2D eigenvalue weighted by molar-refractivity contribution is 6.35. The Bertz CT molecular complexity index is 1040. The molecule has 0 aliphatic heterocycles. The summed E-state index contributed by atoms with van der Waals surface area (Å²) >= 11 is 12.5. The Morgan fingerprint density at radius 1 is 1.00 bits per heavy atom. The monoisotopic (exact) mass is 502 g/mol. The van der Waals surface area contributed by atoms with E-state index < -0.39 is 0 Å². The fourth-order valence-electron chi connectivity index (χ4n) is 3.79. The molecule has 7 heteroatoms. The summed E-state index contributed by atoms with van der Waals surface area (Å²) in [6.45, 7) is 5.12. The zero-order chi connectivity index (χ0) is 24.3. The summed E-state index contributed by atoms with van der Waals surface area (Å²) in [5.74, 6) is 1.67. The lowest BCUT2D eigenvalue weighted by molar-refractivity contribution is -0.133. The van der Waals surface area contributed by atoms with Crippen LogP contribution in [-0.4, -0.2) is 49.1 Å². The van der Waals surface area contributed by atoms with Gasteiger partial charge in [-0.25, -0.2) is 0 Å². The van der Waals surface area contributed by atoms with Crippen molar-refractivity contribution in [1.82, 2.24) is 9.80 Å². The number of methoxy groups -OCH3 is 1. The number of hydrogen-bond donors (Lipinski definition) is 0. The number of halogens is 2. The van der Waals surface area contributed by atoms with Crippen LogP contribution < -0.4 is 0 Å². The molecule has 0 fully saturated rings. The molecule has 0 saturated heterocycles. The first kappa shape index (κ1) is 26.3. The second-order valence-electron chi connectivity index (χ2n) is 8.36. The molecule has 3 rings (SSSR count). The minimum Gasteiger partial charge on any atom is -0.464 e. The third-order valence-corrected chi connectivity index (χ3v) is 6.19. The maximum Gasteiger partial charge on any atom is 0.237 e. The molecule has 0 spiro atoms. The van der Waals surface area contributed by atoms with Crippen molar-refractivity contribution < 1.29 is 13.9 Å². The van der Waals surface area contributed by atoms with Gasteiger partial charge in [0.05, 0.1) is 13.1 Å². The molecule has 3 aromatic rings. The Hall–Kier alpha value is -2.31. The van der Waals surface area contributed by atoms with Crippen LogP contribution in [-0.2, 0) is 29.0 Å². The lowest BCUT2D eigenvalue weighted by Gasteiger charge is -2.27. The van der Waals surface area contributed by atoms with Crippen molar-refractivity contribution in [2.24, 2.45) is 0 Å². The molecule has 0 unspecified atom stereocenters. The van der Waals surface area contributed by atoms with Gasteiger partial charge in [-0.05, 0) is 55.2 Å². The quantitative estimate of drug-likeness (QED) is 0.268. The van der Waals surface area contributed by atoms with Gasteiger partial charge in [0, 0.05) is 43.4 Å². The molecular weight excluding hydrogens is 471 g/mol. The second-order valence-corrected chi connectivity index (χ2v) is 9.20. The number of ether oxygens (including phenoxy) is 1. The Kier molecular flexibility index (Phi) is 10.5. The minimum absolute atomic E-state index is 0.0486. The molecule has 182 valence electrons. The summed E-state index contributed by atoms with van der Waals surface area (Å²) in [5.41, 5.74) is 2.13. The molecule has 0 aliphatic carbocycles. The molecule has 34 heavy (non-hydrogen) atoms. The van der Waals surface area contributed by atoms with Crippen molar-refractivity contribution in [3.05, 3.63) is 93.4 Å². The molecule has 0 bridgehead atoms. The zero-order valence-corrected chi connectivity index (χ0v) is 21.3. The van der Waals surface area contributed by atoms with E-state index in [0.29, 0.717) is 42.8 Å². The van der Waals surface area contributed by atoms with Gasteiger partial charge in [-0.3, -0.25) is 9.69 Å². The molecule has 0 N–H and O–H groups in total. The van der Waals surface area contributed by atoms with Crippen molar-refractivity contribution in [3.8, 4) is 0 Å². The number of aryl methyl sites for hydroxylation is 1. The van der Waals surface area contributed by atoms with E-state index in [1.165, 1.54) is 5.56 Å². The summed E-state index contributed by atoms with van der Waals surface area (Å²) in [7, 11) is 1.68. The first-order valence-corrected chi connectivity index (χ1v) is 12.2. The Balaban J connectivity index is 1.72. The largest absolute Gasteiger partial charge is 0.464 e. The van der Waals surface area contributed by atoms with Gasteiger partial charge < -0.3 is 14.1 Å². The number of nitrogens with zero attached hydrogens (tertiary/aromatic N) is 2. The smallest absolute Gasteiger partial charge is 0.237 e. The first-order valence-electron chi connectivity index (χ1n) is 11.5. The molecule has 0 saturated carbocycles. The van der Waals surface area contributed by atoms with E-state index >= 15 is 0 Å². The maximum atomic E-state index is 13.5. The highest BCUT2D eigenvalue weighted by atomic mass is 35.5. The van der Waals surface area contributed by atoms with Gasteiger partial charge in [-0.2, -0.15) is 0 Å². The average Bonchev–Trinajstić information content (AvgIpc) is 3.23. The molecule has 1 amide bonds. The van der Waals surface area contributed by atoms with Crippen LogP contribution in [0.2, 0.25) is 10.0 Å². The molecule has 0 atom stereocenters. The molecule has 0 aliphatic rings. The standard InChI is InChI=1S/C27H32Cl2N2O3/c1-21-9-12-25(34-21)19-31(15-13-22-7-4-3-5-8-22)27(32)20-30(14-6-16-33-2)18-23-10-11-24(28)17-26(23)29/h3-5,7-12,17H,6,13-16,18-20H2,1-2H3. The summed E-state index contributed by atoms with van der Waals surface area (Å²) in [6.07, 6.45) is 1.59. The van der Waals surface area contributed by atoms with E-state index in [9.17, 15) is 4.79 Å². The van der Waals surface area contributed by atoms with Crippen LogP contribution in [0.3, 0.4) is 0 Å². The number of hydrogen-bond acceptors (Lipinski definition) is 4. The van der Waals surface area contributed by atoms with Crippen molar-refractivity contribution in [2.45, 2.75) is 32.9 Å². The van der Waals surface area contributed by atoms with Crippen LogP contribution in [0.5, 0.6) is 0 Å². The van der Waals surface area contributed by atoms with Gasteiger partial charge in [-0.15, -0.1) is 0 Å². The third kappa shape index (κ3) is 8.48. The normalized spacial score (nSPS) is 11.2. The van der Waals surface area contributed by atoms with Crippen LogP contribution in [0, 0.1) is 6.92 Å². The molecule has 2 aromatic carbocycles. The maximum absolute atomic E-state index is 13.5. The third-order valence-electron chi connectivity index (χ3n) is 5.60. The van der Waals surface area contributed by atoms with E-state index in [1.807, 2.05) is 54.3 Å². The molecular formula is C27H32Cl2N2O3. The molecule has 5 nitrogen and oxygen atoms in total. The number of carbonyl (C=O) groups excluding carboxylic acids is 1. The van der Waals surface area contributed by atoms with Crippen LogP contribution in [0.4, 0.5) is 0 Å². The van der Waals surface area contributed by atoms with Gasteiger partial charge in [0.1, 0.15) is 11.5 Å². The Labute approximate surface area is 212 Å². The van der Waals surface area contributed by atoms with Crippen molar-refractivity contribution in [2.75, 3.05) is 33.4 Å². The fraction of sp³-hybridized carbons (Fsp3) is 0.370. The van der Waals surface area contributed by atoms with E-state index in [0.717, 1.165) is 29.9 Å². The summed E-state index contributed by atoms with van der Waals surface area (Å²) < 4.78 is 11.0. The second kappa shape index (κ2) is 13.5. The summed E-state index contributed by atoms with van der Waals surface area (Å²) in [5, 5.41) is 1.19. The van der Waals surface area contributed by atoms with Gasteiger partial charge in [0.15, 0.2) is 0 Å². The Morgan fingerprint density at radius 2 is 1.79 bits per heavy atom. The highest BCUT2D eigenvalue weighted by Crippen LogP contribution is 2.22.